The lowest BCUT2D eigenvalue weighted by atomic mass is 10.1. The van der Waals surface area contributed by atoms with Crippen molar-refractivity contribution in [2.45, 2.75) is 36.7 Å². The van der Waals surface area contributed by atoms with Gasteiger partial charge in [0.05, 0.1) is 30.7 Å². The normalized spacial score (nSPS) is 37.4. The highest BCUT2D eigenvalue weighted by Gasteiger charge is 2.54. The Labute approximate surface area is 122 Å². The summed E-state index contributed by atoms with van der Waals surface area (Å²) in [6.45, 7) is 3.29. The van der Waals surface area contributed by atoms with Crippen LogP contribution in [0, 0.1) is 0 Å². The zero-order valence-electron chi connectivity index (χ0n) is 11.6. The Balaban J connectivity index is 1.78. The number of aliphatic hydroxyl groups is 1. The summed E-state index contributed by atoms with van der Waals surface area (Å²) < 4.78 is 5.30. The summed E-state index contributed by atoms with van der Waals surface area (Å²) in [5.41, 5.74) is 0. The molecule has 3 fully saturated rings. The number of hydrogen-bond donors (Lipinski definition) is 1. The van der Waals surface area contributed by atoms with Gasteiger partial charge in [-0.3, -0.25) is 9.59 Å². The van der Waals surface area contributed by atoms with E-state index in [0.29, 0.717) is 31.9 Å². The second-order valence-electron chi connectivity index (χ2n) is 5.71. The van der Waals surface area contributed by atoms with Crippen molar-refractivity contribution in [2.75, 3.05) is 32.1 Å². The number of ether oxygens (including phenoxy) is 1. The van der Waals surface area contributed by atoms with Crippen molar-refractivity contribution < 1.29 is 19.4 Å². The highest BCUT2D eigenvalue weighted by Crippen LogP contribution is 2.47. The third-order valence-corrected chi connectivity index (χ3v) is 5.96. The van der Waals surface area contributed by atoms with Crippen LogP contribution >= 0.6 is 11.8 Å². The van der Waals surface area contributed by atoms with E-state index < -0.39 is 0 Å². The fraction of sp³-hybridized carbons (Fsp3) is 0.846. The number of carbonyl (C=O) groups excluding carboxylic acids is 2. The van der Waals surface area contributed by atoms with Crippen LogP contribution in [0.1, 0.15) is 19.8 Å². The van der Waals surface area contributed by atoms with E-state index >= 15 is 0 Å². The van der Waals surface area contributed by atoms with Gasteiger partial charge in [-0.25, -0.2) is 0 Å². The number of nitrogens with zero attached hydrogens (tertiary/aromatic N) is 2. The van der Waals surface area contributed by atoms with Crippen LogP contribution in [0.5, 0.6) is 0 Å². The number of rotatable bonds is 2. The molecule has 112 valence electrons. The lowest BCUT2D eigenvalue weighted by Crippen LogP contribution is -2.58. The van der Waals surface area contributed by atoms with Crippen LogP contribution < -0.4 is 0 Å². The predicted octanol–water partition coefficient (Wildman–Crippen LogP) is -0.340. The standard InChI is InChI=1S/C13H20N2O4S/c1-13-3-2-11(17)15(13)10(8-20-13)12(18)14-4-5-19-7-9(14)6-16/h9-10,16H,2-8H2,1H3. The van der Waals surface area contributed by atoms with Crippen molar-refractivity contribution in [3.8, 4) is 0 Å². The van der Waals surface area contributed by atoms with E-state index in [9.17, 15) is 14.7 Å². The summed E-state index contributed by atoms with van der Waals surface area (Å²) in [6, 6.07) is -0.669. The Hall–Kier alpha value is -0.790. The van der Waals surface area contributed by atoms with E-state index in [2.05, 4.69) is 0 Å². The van der Waals surface area contributed by atoms with Gasteiger partial charge in [-0.05, 0) is 13.3 Å². The summed E-state index contributed by atoms with van der Waals surface area (Å²) in [6.07, 6.45) is 1.34. The Kier molecular flexibility index (Phi) is 3.68. The van der Waals surface area contributed by atoms with Crippen LogP contribution in [0.3, 0.4) is 0 Å². The van der Waals surface area contributed by atoms with E-state index in [1.165, 1.54) is 0 Å². The molecule has 3 aliphatic heterocycles. The number of aliphatic hydroxyl groups excluding tert-OH is 1. The molecule has 0 aromatic rings. The van der Waals surface area contributed by atoms with Crippen LogP contribution in [0.15, 0.2) is 0 Å². The Morgan fingerprint density at radius 2 is 2.40 bits per heavy atom. The molecule has 3 heterocycles. The van der Waals surface area contributed by atoms with Crippen LogP contribution in [-0.2, 0) is 14.3 Å². The van der Waals surface area contributed by atoms with Gasteiger partial charge in [0, 0.05) is 18.7 Å². The van der Waals surface area contributed by atoms with Gasteiger partial charge in [-0.1, -0.05) is 0 Å². The van der Waals surface area contributed by atoms with Crippen LogP contribution in [0.25, 0.3) is 0 Å². The third kappa shape index (κ3) is 2.12. The van der Waals surface area contributed by atoms with E-state index in [1.54, 1.807) is 21.6 Å². The van der Waals surface area contributed by atoms with E-state index in [-0.39, 0.29) is 35.4 Å². The number of amides is 2. The van der Waals surface area contributed by atoms with Gasteiger partial charge in [0.2, 0.25) is 11.8 Å². The van der Waals surface area contributed by atoms with Crippen molar-refractivity contribution in [3.63, 3.8) is 0 Å². The summed E-state index contributed by atoms with van der Waals surface area (Å²) >= 11 is 1.69. The van der Waals surface area contributed by atoms with E-state index in [4.69, 9.17) is 4.74 Å². The molecule has 3 atom stereocenters. The monoisotopic (exact) mass is 300 g/mol. The van der Waals surface area contributed by atoms with Crippen LogP contribution in [0.2, 0.25) is 0 Å². The van der Waals surface area contributed by atoms with Crippen molar-refractivity contribution in [2.24, 2.45) is 0 Å². The second-order valence-corrected chi connectivity index (χ2v) is 7.21. The van der Waals surface area contributed by atoms with Crippen molar-refractivity contribution in [1.29, 1.82) is 0 Å². The van der Waals surface area contributed by atoms with Gasteiger partial charge in [-0.2, -0.15) is 0 Å². The van der Waals surface area contributed by atoms with Gasteiger partial charge in [0.25, 0.3) is 0 Å². The molecule has 0 spiro atoms. The quantitative estimate of drug-likeness (QED) is 0.755. The first kappa shape index (κ1) is 14.2. The molecule has 20 heavy (non-hydrogen) atoms. The van der Waals surface area contributed by atoms with Crippen LogP contribution in [0.4, 0.5) is 0 Å². The fourth-order valence-electron chi connectivity index (χ4n) is 3.29. The minimum Gasteiger partial charge on any atom is -0.394 e. The minimum atomic E-state index is -0.382. The number of thioether (sulfide) groups is 1. The number of carbonyl (C=O) groups is 2. The molecule has 2 amide bonds. The zero-order valence-corrected chi connectivity index (χ0v) is 12.4. The summed E-state index contributed by atoms with van der Waals surface area (Å²) in [5, 5.41) is 9.38. The molecule has 3 aliphatic rings. The molecule has 1 N–H and O–H groups in total. The molecule has 0 aromatic carbocycles. The molecule has 3 unspecified atom stereocenters. The molecule has 3 rings (SSSR count). The van der Waals surface area contributed by atoms with Crippen molar-refractivity contribution in [3.05, 3.63) is 0 Å². The maximum atomic E-state index is 12.8. The largest absolute Gasteiger partial charge is 0.394 e. The number of hydrogen-bond acceptors (Lipinski definition) is 5. The molecular formula is C13H20N2O4S. The lowest BCUT2D eigenvalue weighted by Gasteiger charge is -2.38. The first-order valence-electron chi connectivity index (χ1n) is 7.02. The third-order valence-electron chi connectivity index (χ3n) is 4.45. The molecule has 0 bridgehead atoms. The van der Waals surface area contributed by atoms with Gasteiger partial charge in [-0.15, -0.1) is 11.8 Å². The first-order valence-corrected chi connectivity index (χ1v) is 8.00. The molecule has 0 saturated carbocycles. The highest BCUT2D eigenvalue weighted by atomic mass is 32.2. The summed E-state index contributed by atoms with van der Waals surface area (Å²) in [5.74, 6) is 0.680. The Bertz CT molecular complexity index is 433. The van der Waals surface area contributed by atoms with Gasteiger partial charge in [0.1, 0.15) is 6.04 Å². The minimum absolute atomic E-state index is 0.0428. The fourth-order valence-corrected chi connectivity index (χ4v) is 4.71. The van der Waals surface area contributed by atoms with Crippen molar-refractivity contribution in [1.82, 2.24) is 9.80 Å². The topological polar surface area (TPSA) is 70.1 Å². The molecule has 0 aromatic heterocycles. The number of morpholine rings is 1. The second kappa shape index (κ2) is 5.20. The van der Waals surface area contributed by atoms with Gasteiger partial charge in [0.15, 0.2) is 0 Å². The highest BCUT2D eigenvalue weighted by molar-refractivity contribution is 8.01. The average Bonchev–Trinajstić information content (AvgIpc) is 2.95. The molecular weight excluding hydrogens is 280 g/mol. The average molecular weight is 300 g/mol. The molecule has 3 saturated heterocycles. The van der Waals surface area contributed by atoms with Crippen molar-refractivity contribution >= 4 is 23.6 Å². The van der Waals surface area contributed by atoms with E-state index in [1.807, 2.05) is 6.92 Å². The Morgan fingerprint density at radius 1 is 1.60 bits per heavy atom. The molecule has 7 heteroatoms. The molecule has 0 radical (unpaired) electrons. The smallest absolute Gasteiger partial charge is 0.246 e. The van der Waals surface area contributed by atoms with Crippen LogP contribution in [-0.4, -0.2) is 75.8 Å². The SMILES string of the molecule is CC12CCC(=O)N1C(C(=O)N1CCOCC1CO)CS2. The van der Waals surface area contributed by atoms with Gasteiger partial charge < -0.3 is 19.6 Å². The summed E-state index contributed by atoms with van der Waals surface area (Å²) in [7, 11) is 0. The Morgan fingerprint density at radius 3 is 3.15 bits per heavy atom. The predicted molar refractivity (Wildman–Crippen MR) is 74.1 cm³/mol. The van der Waals surface area contributed by atoms with Gasteiger partial charge >= 0.3 is 0 Å². The molecule has 0 aliphatic carbocycles. The maximum Gasteiger partial charge on any atom is 0.246 e. The number of fused-ring (bicyclic) bond motifs is 1. The lowest BCUT2D eigenvalue weighted by molar-refractivity contribution is -0.151. The summed E-state index contributed by atoms with van der Waals surface area (Å²) in [4.78, 5) is 28.1. The first-order chi connectivity index (χ1) is 9.57. The van der Waals surface area contributed by atoms with E-state index in [0.717, 1.165) is 6.42 Å². The molecule has 6 nitrogen and oxygen atoms in total. The maximum absolute atomic E-state index is 12.8. The zero-order chi connectivity index (χ0) is 14.3.